The van der Waals surface area contributed by atoms with Gasteiger partial charge in [-0.25, -0.2) is 14.5 Å². The number of rotatable bonds is 7. The minimum absolute atomic E-state index is 0.170. The molecule has 3 atom stereocenters. The Morgan fingerprint density at radius 2 is 1.88 bits per heavy atom. The largest absolute Gasteiger partial charge is 0.480 e. The van der Waals surface area contributed by atoms with Gasteiger partial charge in [-0.1, -0.05) is 51.1 Å². The molecular formula is C21H27N5O6S. The lowest BCUT2D eigenvalue weighted by Crippen LogP contribution is -2.71. The van der Waals surface area contributed by atoms with Crippen molar-refractivity contribution in [2.75, 3.05) is 19.6 Å². The highest BCUT2D eigenvalue weighted by Crippen LogP contribution is 2.38. The number of hydrogen-bond acceptors (Lipinski definition) is 6. The summed E-state index contributed by atoms with van der Waals surface area (Å²) in [6.07, 6.45) is 0. The van der Waals surface area contributed by atoms with Gasteiger partial charge in [-0.05, 0) is 5.56 Å². The smallest absolute Gasteiger partial charge is 0.326 e. The lowest BCUT2D eigenvalue weighted by molar-refractivity contribution is -0.155. The van der Waals surface area contributed by atoms with Gasteiger partial charge in [0.1, 0.15) is 24.0 Å². The van der Waals surface area contributed by atoms with Crippen LogP contribution in [0.5, 0.6) is 0 Å². The Kier molecular flexibility index (Phi) is 7.15. The first kappa shape index (κ1) is 24.4. The fourth-order valence-electron chi connectivity index (χ4n) is 3.51. The SMILES string of the molecule is CC(C)(C)S[C@@H]1[C@H](NC(=O)[C@H](NC(=O)N2CCNC2=O)c2ccccc2)C(=O)N1CC(=O)O. The molecule has 1 aromatic carbocycles. The van der Waals surface area contributed by atoms with Crippen molar-refractivity contribution < 1.29 is 29.1 Å². The molecule has 0 saturated carbocycles. The van der Waals surface area contributed by atoms with Gasteiger partial charge in [0.2, 0.25) is 11.8 Å². The Hall–Kier alpha value is -3.28. The number of likely N-dealkylation sites (tertiary alicyclic amines) is 1. The normalized spacial score (nSPS) is 21.2. The van der Waals surface area contributed by atoms with Crippen LogP contribution in [0.2, 0.25) is 0 Å². The third-order valence-electron chi connectivity index (χ3n) is 4.98. The molecule has 3 rings (SSSR count). The van der Waals surface area contributed by atoms with Crippen LogP contribution in [0.15, 0.2) is 30.3 Å². The fourth-order valence-corrected chi connectivity index (χ4v) is 4.86. The van der Waals surface area contributed by atoms with E-state index < -0.39 is 53.8 Å². The van der Waals surface area contributed by atoms with Crippen molar-refractivity contribution in [1.82, 2.24) is 25.8 Å². The lowest BCUT2D eigenvalue weighted by atomic mass is 10.0. The topological polar surface area (TPSA) is 148 Å². The molecule has 0 bridgehead atoms. The number of nitrogens with one attached hydrogen (secondary N) is 3. The van der Waals surface area contributed by atoms with Crippen LogP contribution in [0, 0.1) is 0 Å². The van der Waals surface area contributed by atoms with Gasteiger partial charge in [0.15, 0.2) is 0 Å². The van der Waals surface area contributed by atoms with Crippen molar-refractivity contribution in [2.45, 2.75) is 43.0 Å². The summed E-state index contributed by atoms with van der Waals surface area (Å²) in [6.45, 7) is 5.78. The first-order chi connectivity index (χ1) is 15.5. The molecule has 1 aromatic rings. The lowest BCUT2D eigenvalue weighted by Gasteiger charge is -2.48. The number of carbonyl (C=O) groups is 5. The number of carbonyl (C=O) groups excluding carboxylic acids is 4. The van der Waals surface area contributed by atoms with Crippen LogP contribution in [0.4, 0.5) is 9.59 Å². The maximum Gasteiger partial charge on any atom is 0.326 e. The second kappa shape index (κ2) is 9.69. The van der Waals surface area contributed by atoms with E-state index in [0.717, 1.165) is 4.90 Å². The maximum atomic E-state index is 13.2. The highest BCUT2D eigenvalue weighted by atomic mass is 32.2. The molecule has 2 fully saturated rings. The summed E-state index contributed by atoms with van der Waals surface area (Å²) >= 11 is 1.37. The van der Waals surface area contributed by atoms with Gasteiger partial charge in [-0.15, -0.1) is 11.8 Å². The Labute approximate surface area is 195 Å². The first-order valence-corrected chi connectivity index (χ1v) is 11.3. The van der Waals surface area contributed by atoms with Crippen molar-refractivity contribution in [3.63, 3.8) is 0 Å². The highest BCUT2D eigenvalue weighted by Gasteiger charge is 2.51. The number of urea groups is 2. The molecule has 2 heterocycles. The third kappa shape index (κ3) is 5.75. The Morgan fingerprint density at radius 3 is 2.42 bits per heavy atom. The molecule has 178 valence electrons. The standard InChI is InChI=1S/C21H27N5O6S/c1-21(2,3)33-18-15(17(30)26(18)11-13(27)28)23-16(29)14(12-7-5-4-6-8-12)24-20(32)25-10-9-22-19(25)31/h4-8,14-15,18H,9-11H2,1-3H3,(H,22,31)(H,23,29)(H,24,32)(H,27,28)/t14-,15-,18-/m1/s1. The van der Waals surface area contributed by atoms with Gasteiger partial charge in [0.05, 0.1) is 0 Å². The summed E-state index contributed by atoms with van der Waals surface area (Å²) < 4.78 is -0.304. The zero-order valence-electron chi connectivity index (χ0n) is 18.5. The van der Waals surface area contributed by atoms with Crippen LogP contribution < -0.4 is 16.0 Å². The first-order valence-electron chi connectivity index (χ1n) is 10.4. The zero-order chi connectivity index (χ0) is 24.3. The number of carboxylic acid groups (broad SMARTS) is 1. The number of nitrogens with zero attached hydrogens (tertiary/aromatic N) is 2. The summed E-state index contributed by atoms with van der Waals surface area (Å²) in [7, 11) is 0. The molecule has 0 radical (unpaired) electrons. The van der Waals surface area contributed by atoms with E-state index in [9.17, 15) is 24.0 Å². The number of carboxylic acids is 1. The number of amides is 6. The molecule has 0 spiro atoms. The molecule has 2 saturated heterocycles. The second-order valence-corrected chi connectivity index (χ2v) is 10.6. The molecular weight excluding hydrogens is 450 g/mol. The van der Waals surface area contributed by atoms with Gasteiger partial charge >= 0.3 is 18.0 Å². The van der Waals surface area contributed by atoms with Crippen LogP contribution in [-0.4, -0.2) is 80.5 Å². The van der Waals surface area contributed by atoms with E-state index in [-0.39, 0.29) is 11.3 Å². The monoisotopic (exact) mass is 477 g/mol. The van der Waals surface area contributed by atoms with Gasteiger partial charge in [0, 0.05) is 17.8 Å². The number of hydrogen-bond donors (Lipinski definition) is 4. The molecule has 11 nitrogen and oxygen atoms in total. The molecule has 0 aliphatic carbocycles. The number of thioether (sulfide) groups is 1. The van der Waals surface area contributed by atoms with Crippen molar-refractivity contribution in [3.05, 3.63) is 35.9 Å². The minimum Gasteiger partial charge on any atom is -0.480 e. The highest BCUT2D eigenvalue weighted by molar-refractivity contribution is 8.01. The van der Waals surface area contributed by atoms with E-state index in [1.165, 1.54) is 16.7 Å². The van der Waals surface area contributed by atoms with E-state index in [4.69, 9.17) is 5.11 Å². The Morgan fingerprint density at radius 1 is 1.21 bits per heavy atom. The molecule has 4 N–H and O–H groups in total. The number of imide groups is 1. The van der Waals surface area contributed by atoms with E-state index in [2.05, 4.69) is 16.0 Å². The van der Waals surface area contributed by atoms with E-state index >= 15 is 0 Å². The summed E-state index contributed by atoms with van der Waals surface area (Å²) in [5.74, 6) is -2.29. The second-order valence-electron chi connectivity index (χ2n) is 8.64. The van der Waals surface area contributed by atoms with Crippen LogP contribution in [-0.2, 0) is 14.4 Å². The average molecular weight is 478 g/mol. The number of β-lactam (4-membered cyclic amide) rings is 1. The van der Waals surface area contributed by atoms with E-state index in [1.807, 2.05) is 20.8 Å². The summed E-state index contributed by atoms with van der Waals surface area (Å²) in [5, 5.41) is 16.3. The third-order valence-corrected chi connectivity index (χ3v) is 6.46. The van der Waals surface area contributed by atoms with Gasteiger partial charge in [0.25, 0.3) is 0 Å². The molecule has 0 unspecified atom stereocenters. The Balaban J connectivity index is 1.79. The van der Waals surface area contributed by atoms with Crippen LogP contribution in [0.3, 0.4) is 0 Å². The minimum atomic E-state index is -1.16. The molecule has 0 aromatic heterocycles. The van der Waals surface area contributed by atoms with Gasteiger partial charge in [-0.3, -0.25) is 14.4 Å². The maximum absolute atomic E-state index is 13.2. The van der Waals surface area contributed by atoms with Crippen molar-refractivity contribution in [1.29, 1.82) is 0 Å². The summed E-state index contributed by atoms with van der Waals surface area (Å²) in [5.41, 5.74) is 0.470. The average Bonchev–Trinajstić information content (AvgIpc) is 3.18. The number of benzene rings is 1. The molecule has 2 aliphatic rings. The number of aliphatic carboxylic acids is 1. The Bertz CT molecular complexity index is 950. The predicted octanol–water partition coefficient (Wildman–Crippen LogP) is 0.732. The fraction of sp³-hybridized carbons (Fsp3) is 0.476. The quantitative estimate of drug-likeness (QED) is 0.423. The molecule has 2 aliphatic heterocycles. The van der Waals surface area contributed by atoms with Crippen LogP contribution >= 0.6 is 11.8 Å². The molecule has 12 heteroatoms. The van der Waals surface area contributed by atoms with Crippen LogP contribution in [0.25, 0.3) is 0 Å². The van der Waals surface area contributed by atoms with Crippen molar-refractivity contribution in [2.24, 2.45) is 0 Å². The summed E-state index contributed by atoms with van der Waals surface area (Å²) in [6, 6.07) is 5.06. The zero-order valence-corrected chi connectivity index (χ0v) is 19.3. The van der Waals surface area contributed by atoms with Gasteiger partial charge in [-0.2, -0.15) is 0 Å². The van der Waals surface area contributed by atoms with Crippen molar-refractivity contribution >= 4 is 41.6 Å². The predicted molar refractivity (Wildman–Crippen MR) is 120 cm³/mol. The molecule has 6 amide bonds. The van der Waals surface area contributed by atoms with Crippen molar-refractivity contribution in [3.8, 4) is 0 Å². The van der Waals surface area contributed by atoms with Crippen LogP contribution in [0.1, 0.15) is 32.4 Å². The van der Waals surface area contributed by atoms with Gasteiger partial charge < -0.3 is 26.0 Å². The summed E-state index contributed by atoms with van der Waals surface area (Å²) in [4.78, 5) is 63.7. The van der Waals surface area contributed by atoms with E-state index in [1.54, 1.807) is 30.3 Å². The van der Waals surface area contributed by atoms with E-state index in [0.29, 0.717) is 12.1 Å². The molecule has 33 heavy (non-hydrogen) atoms.